The first-order valence-electron chi connectivity index (χ1n) is 7.85. The Kier molecular flexibility index (Phi) is 22.9. The number of alkyl halides is 3. The summed E-state index contributed by atoms with van der Waals surface area (Å²) in [5.74, 6) is 0.865. The molecule has 2 rings (SSSR count). The van der Waals surface area contributed by atoms with Gasteiger partial charge in [-0.3, -0.25) is 0 Å². The standard InChI is InChI=1S/C8H5NO2.C5H11ClO.C4H8Cl2O.K/c10-7-5-3-1-2-4-6(5)8(11)9-7;1-2-4-7-5-3-6;5-1-3-7-4-2-6;/h1-4H,(H,9,10,11);2-5H2,1H3;1-4H2;/q;;;+1/p-1. The molecule has 9 heteroatoms. The molecule has 0 spiro atoms. The van der Waals surface area contributed by atoms with Gasteiger partial charge in [-0.15, -0.1) is 34.8 Å². The number of imide groups is 1. The number of nitrogens with zero attached hydrogens (tertiary/aromatic N) is 1. The van der Waals surface area contributed by atoms with Crippen LogP contribution in [0.1, 0.15) is 34.1 Å². The second kappa shape index (κ2) is 20.5. The summed E-state index contributed by atoms with van der Waals surface area (Å²) in [6, 6.07) is 6.63. The SMILES string of the molecule is CCCOCCCl.ClCCOCCCl.O=C1[N-]C(=O)c2ccccc21.[K+]. The van der Waals surface area contributed by atoms with Crippen LogP contribution in [0.3, 0.4) is 0 Å². The van der Waals surface area contributed by atoms with Crippen molar-refractivity contribution >= 4 is 46.6 Å². The van der Waals surface area contributed by atoms with Crippen molar-refractivity contribution in [1.29, 1.82) is 0 Å². The maximum absolute atomic E-state index is 10.9. The molecule has 1 aromatic carbocycles. The van der Waals surface area contributed by atoms with Crippen LogP contribution in [0.2, 0.25) is 0 Å². The summed E-state index contributed by atoms with van der Waals surface area (Å²) in [5, 5.41) is 3.28. The maximum Gasteiger partial charge on any atom is 1.00 e. The van der Waals surface area contributed by atoms with Crippen molar-refractivity contribution in [3.8, 4) is 0 Å². The average Bonchev–Trinajstić information content (AvgIpc) is 2.92. The van der Waals surface area contributed by atoms with E-state index < -0.39 is 11.8 Å². The second-order valence-corrected chi connectivity index (χ2v) is 5.69. The molecule has 0 radical (unpaired) electrons. The third-order valence-corrected chi connectivity index (χ3v) is 3.07. The van der Waals surface area contributed by atoms with Crippen LogP contribution in [0.5, 0.6) is 0 Å². The monoisotopic (exact) mass is 449 g/mol. The normalized spacial score (nSPS) is 11.2. The zero-order valence-electron chi connectivity index (χ0n) is 15.2. The van der Waals surface area contributed by atoms with Gasteiger partial charge in [-0.25, -0.2) is 0 Å². The van der Waals surface area contributed by atoms with Gasteiger partial charge in [0.15, 0.2) is 0 Å². The van der Waals surface area contributed by atoms with Crippen LogP contribution in [0.25, 0.3) is 5.32 Å². The van der Waals surface area contributed by atoms with E-state index >= 15 is 0 Å². The number of amides is 2. The molecule has 0 fully saturated rings. The number of halogens is 3. The number of benzene rings is 1. The van der Waals surface area contributed by atoms with Gasteiger partial charge in [0.1, 0.15) is 0 Å². The predicted molar refractivity (Wildman–Crippen MR) is 103 cm³/mol. The molecule has 0 atom stereocenters. The summed E-state index contributed by atoms with van der Waals surface area (Å²) < 4.78 is 9.87. The van der Waals surface area contributed by atoms with Crippen LogP contribution in [0.4, 0.5) is 0 Å². The Morgan fingerprint density at radius 3 is 1.54 bits per heavy atom. The molecule has 0 saturated heterocycles. The van der Waals surface area contributed by atoms with Gasteiger partial charge >= 0.3 is 51.4 Å². The van der Waals surface area contributed by atoms with Gasteiger partial charge in [-0.1, -0.05) is 31.2 Å². The van der Waals surface area contributed by atoms with Gasteiger partial charge < -0.3 is 24.4 Å². The molecule has 0 unspecified atom stereocenters. The van der Waals surface area contributed by atoms with Gasteiger partial charge in [-0.05, 0) is 6.42 Å². The molecule has 0 aliphatic carbocycles. The minimum absolute atomic E-state index is 0. The number of ether oxygens (including phenoxy) is 2. The molecule has 0 saturated carbocycles. The first-order valence-corrected chi connectivity index (χ1v) is 9.45. The first-order chi connectivity index (χ1) is 12.1. The molecule has 1 aliphatic rings. The Bertz CT molecular complexity index is 456. The summed E-state index contributed by atoms with van der Waals surface area (Å²) in [6.07, 6.45) is 1.08. The second-order valence-electron chi connectivity index (χ2n) is 4.56. The number of carbonyl (C=O) groups is 2. The molecule has 1 aliphatic heterocycles. The van der Waals surface area contributed by atoms with E-state index in [1.807, 2.05) is 0 Å². The molecule has 1 aromatic rings. The summed E-state index contributed by atoms with van der Waals surface area (Å²) in [7, 11) is 0. The number of hydrogen-bond donors (Lipinski definition) is 0. The van der Waals surface area contributed by atoms with E-state index in [2.05, 4.69) is 12.2 Å². The van der Waals surface area contributed by atoms with Crippen molar-refractivity contribution in [2.24, 2.45) is 0 Å². The van der Waals surface area contributed by atoms with E-state index in [0.29, 0.717) is 48.6 Å². The minimum atomic E-state index is -0.425. The summed E-state index contributed by atoms with van der Waals surface area (Å²) in [5.41, 5.74) is 0.829. The van der Waals surface area contributed by atoms with Crippen LogP contribution >= 0.6 is 34.8 Å². The molecule has 1 heterocycles. The third kappa shape index (κ3) is 13.9. The van der Waals surface area contributed by atoms with Crippen LogP contribution in [-0.2, 0) is 9.47 Å². The Labute approximate surface area is 212 Å². The number of fused-ring (bicyclic) bond motifs is 1. The quantitative estimate of drug-likeness (QED) is 0.260. The van der Waals surface area contributed by atoms with E-state index in [4.69, 9.17) is 44.3 Å². The average molecular weight is 451 g/mol. The number of carbonyl (C=O) groups excluding carboxylic acids is 2. The topological polar surface area (TPSA) is 66.7 Å². The summed E-state index contributed by atoms with van der Waals surface area (Å²) in [4.78, 5) is 21.8. The van der Waals surface area contributed by atoms with E-state index in [-0.39, 0.29) is 51.4 Å². The largest absolute Gasteiger partial charge is 1.00 e. The van der Waals surface area contributed by atoms with Gasteiger partial charge in [0.25, 0.3) is 0 Å². The Balaban J connectivity index is 0. The summed E-state index contributed by atoms with van der Waals surface area (Å²) in [6.45, 7) is 4.82. The smallest absolute Gasteiger partial charge is 0.587 e. The molecular weight excluding hydrogens is 428 g/mol. The molecule has 0 aromatic heterocycles. The van der Waals surface area contributed by atoms with Crippen LogP contribution in [-0.4, -0.2) is 55.9 Å². The molecule has 0 N–H and O–H groups in total. The van der Waals surface area contributed by atoms with Gasteiger partial charge in [0, 0.05) is 35.4 Å². The van der Waals surface area contributed by atoms with Crippen LogP contribution < -0.4 is 51.4 Å². The Hall–Kier alpha value is 0.786. The molecular formula is C17H23Cl3KNO4. The Morgan fingerprint density at radius 1 is 0.808 bits per heavy atom. The van der Waals surface area contributed by atoms with Crippen molar-refractivity contribution in [3.05, 3.63) is 40.7 Å². The van der Waals surface area contributed by atoms with E-state index in [1.54, 1.807) is 24.3 Å². The van der Waals surface area contributed by atoms with Crippen LogP contribution in [0, 0.1) is 0 Å². The molecule has 26 heavy (non-hydrogen) atoms. The van der Waals surface area contributed by atoms with Crippen molar-refractivity contribution in [2.45, 2.75) is 13.3 Å². The molecule has 0 bridgehead atoms. The minimum Gasteiger partial charge on any atom is -0.587 e. The summed E-state index contributed by atoms with van der Waals surface area (Å²) >= 11 is 15.9. The number of rotatable bonds is 8. The van der Waals surface area contributed by atoms with E-state index in [0.717, 1.165) is 13.0 Å². The maximum atomic E-state index is 10.9. The molecule has 2 amide bonds. The van der Waals surface area contributed by atoms with Crippen molar-refractivity contribution in [2.75, 3.05) is 44.1 Å². The van der Waals surface area contributed by atoms with E-state index in [1.165, 1.54) is 0 Å². The Morgan fingerprint density at radius 2 is 1.19 bits per heavy atom. The van der Waals surface area contributed by atoms with Crippen molar-refractivity contribution in [3.63, 3.8) is 0 Å². The van der Waals surface area contributed by atoms with Gasteiger partial charge in [0.05, 0.1) is 31.6 Å². The van der Waals surface area contributed by atoms with Gasteiger partial charge in [0.2, 0.25) is 0 Å². The fourth-order valence-corrected chi connectivity index (χ4v) is 1.91. The zero-order valence-corrected chi connectivity index (χ0v) is 20.6. The fraction of sp³-hybridized carbons (Fsp3) is 0.529. The van der Waals surface area contributed by atoms with Crippen LogP contribution in [0.15, 0.2) is 24.3 Å². The first kappa shape index (κ1) is 29.0. The molecule has 142 valence electrons. The number of hydrogen-bond acceptors (Lipinski definition) is 4. The van der Waals surface area contributed by atoms with Gasteiger partial charge in [-0.2, -0.15) is 0 Å². The van der Waals surface area contributed by atoms with Crippen molar-refractivity contribution < 1.29 is 70.4 Å². The molecule has 5 nitrogen and oxygen atoms in total. The zero-order chi connectivity index (χ0) is 18.9. The third-order valence-electron chi connectivity index (χ3n) is 2.60. The fourth-order valence-electron chi connectivity index (χ4n) is 1.58. The predicted octanol–water partition coefficient (Wildman–Crippen LogP) is 1.49. The van der Waals surface area contributed by atoms with E-state index in [9.17, 15) is 9.59 Å². The van der Waals surface area contributed by atoms with Crippen molar-refractivity contribution in [1.82, 2.24) is 0 Å².